The summed E-state index contributed by atoms with van der Waals surface area (Å²) in [5.74, 6) is 1.01. The molecule has 1 heterocycles. The van der Waals surface area contributed by atoms with Crippen LogP contribution in [-0.2, 0) is 9.59 Å². The Bertz CT molecular complexity index is 208. The van der Waals surface area contributed by atoms with Crippen LogP contribution in [0.25, 0.3) is 0 Å². The zero-order chi connectivity index (χ0) is 9.68. The Balaban J connectivity index is 2.29. The highest BCUT2D eigenvalue weighted by molar-refractivity contribution is 7.98. The van der Waals surface area contributed by atoms with Gasteiger partial charge >= 0.3 is 0 Å². The molecule has 0 aromatic carbocycles. The van der Waals surface area contributed by atoms with Crippen molar-refractivity contribution in [2.24, 2.45) is 0 Å². The minimum absolute atomic E-state index is 0.0284. The number of thioether (sulfide) groups is 1. The smallest absolute Gasteiger partial charge is 0.242 e. The molecule has 74 valence electrons. The van der Waals surface area contributed by atoms with E-state index in [9.17, 15) is 9.59 Å². The van der Waals surface area contributed by atoms with Crippen molar-refractivity contribution in [2.75, 3.05) is 31.6 Å². The van der Waals surface area contributed by atoms with Crippen LogP contribution in [0.1, 0.15) is 6.42 Å². The van der Waals surface area contributed by atoms with Crippen molar-refractivity contribution in [1.29, 1.82) is 0 Å². The van der Waals surface area contributed by atoms with Crippen LogP contribution in [0, 0.1) is 0 Å². The fourth-order valence-corrected chi connectivity index (χ4v) is 1.62. The molecular weight excluding hydrogens is 188 g/mol. The molecule has 4 nitrogen and oxygen atoms in total. The van der Waals surface area contributed by atoms with Crippen LogP contribution in [0.5, 0.6) is 0 Å². The Hall–Kier alpha value is -0.710. The Morgan fingerprint density at radius 3 is 3.00 bits per heavy atom. The normalized spacial score (nSPS) is 17.5. The molecule has 0 aromatic rings. The maximum absolute atomic E-state index is 11.2. The fourth-order valence-electron chi connectivity index (χ4n) is 1.21. The third kappa shape index (κ3) is 3.26. The zero-order valence-corrected chi connectivity index (χ0v) is 8.52. The lowest BCUT2D eigenvalue weighted by atomic mass is 10.3. The summed E-state index contributed by atoms with van der Waals surface area (Å²) in [7, 11) is 0. The molecule has 0 aliphatic carbocycles. The summed E-state index contributed by atoms with van der Waals surface area (Å²) in [5.41, 5.74) is 0. The standard InChI is InChI=1S/C8H14N2O2S/c1-13-4-2-3-10-6-7(11)9-5-8(10)12/h2-6H2,1H3,(H,9,11). The number of carbonyl (C=O) groups excluding carboxylic acids is 2. The Morgan fingerprint density at radius 1 is 1.54 bits per heavy atom. The van der Waals surface area contributed by atoms with E-state index >= 15 is 0 Å². The number of nitrogens with one attached hydrogen (secondary N) is 1. The van der Waals surface area contributed by atoms with Gasteiger partial charge < -0.3 is 10.2 Å². The number of nitrogens with zero attached hydrogens (tertiary/aromatic N) is 1. The molecule has 1 aliphatic rings. The maximum atomic E-state index is 11.2. The van der Waals surface area contributed by atoms with Crippen molar-refractivity contribution in [3.05, 3.63) is 0 Å². The van der Waals surface area contributed by atoms with Crippen LogP contribution in [-0.4, -0.2) is 48.4 Å². The Morgan fingerprint density at radius 2 is 2.31 bits per heavy atom. The average molecular weight is 202 g/mol. The lowest BCUT2D eigenvalue weighted by molar-refractivity contribution is -0.140. The fraction of sp³-hybridized carbons (Fsp3) is 0.750. The second kappa shape index (κ2) is 5.11. The topological polar surface area (TPSA) is 49.4 Å². The van der Waals surface area contributed by atoms with Gasteiger partial charge in [0.25, 0.3) is 0 Å². The van der Waals surface area contributed by atoms with Crippen molar-refractivity contribution in [1.82, 2.24) is 10.2 Å². The molecule has 0 bridgehead atoms. The highest BCUT2D eigenvalue weighted by atomic mass is 32.2. The predicted octanol–water partition coefficient (Wildman–Crippen LogP) is -0.302. The van der Waals surface area contributed by atoms with E-state index < -0.39 is 0 Å². The second-order valence-electron chi connectivity index (χ2n) is 2.94. The van der Waals surface area contributed by atoms with E-state index in [1.54, 1.807) is 16.7 Å². The van der Waals surface area contributed by atoms with E-state index in [4.69, 9.17) is 0 Å². The quantitative estimate of drug-likeness (QED) is 0.637. The van der Waals surface area contributed by atoms with Crippen molar-refractivity contribution in [2.45, 2.75) is 6.42 Å². The van der Waals surface area contributed by atoms with Crippen LogP contribution in [0.15, 0.2) is 0 Å². The van der Waals surface area contributed by atoms with Crippen molar-refractivity contribution in [3.8, 4) is 0 Å². The van der Waals surface area contributed by atoms with Gasteiger partial charge in [-0.25, -0.2) is 0 Å². The van der Waals surface area contributed by atoms with E-state index in [1.807, 2.05) is 6.26 Å². The minimum Gasteiger partial charge on any atom is -0.345 e. The monoisotopic (exact) mass is 202 g/mol. The summed E-state index contributed by atoms with van der Waals surface area (Å²) in [5, 5.41) is 2.52. The van der Waals surface area contributed by atoms with Gasteiger partial charge in [0.05, 0.1) is 13.1 Å². The number of carbonyl (C=O) groups is 2. The van der Waals surface area contributed by atoms with E-state index in [0.717, 1.165) is 12.2 Å². The first-order valence-electron chi connectivity index (χ1n) is 4.27. The largest absolute Gasteiger partial charge is 0.345 e. The molecule has 1 N–H and O–H groups in total. The third-order valence-electron chi connectivity index (χ3n) is 1.90. The van der Waals surface area contributed by atoms with Crippen LogP contribution >= 0.6 is 11.8 Å². The van der Waals surface area contributed by atoms with E-state index in [-0.39, 0.29) is 24.9 Å². The van der Waals surface area contributed by atoms with Crippen molar-refractivity contribution < 1.29 is 9.59 Å². The highest BCUT2D eigenvalue weighted by Crippen LogP contribution is 2.01. The van der Waals surface area contributed by atoms with E-state index in [1.165, 1.54) is 0 Å². The first kappa shape index (κ1) is 10.4. The van der Waals surface area contributed by atoms with Gasteiger partial charge in [0, 0.05) is 6.54 Å². The summed E-state index contributed by atoms with van der Waals surface area (Å²) < 4.78 is 0. The van der Waals surface area contributed by atoms with Crippen LogP contribution in [0.4, 0.5) is 0 Å². The van der Waals surface area contributed by atoms with Gasteiger partial charge in [0.1, 0.15) is 0 Å². The van der Waals surface area contributed by atoms with Crippen molar-refractivity contribution in [3.63, 3.8) is 0 Å². The number of rotatable bonds is 4. The van der Waals surface area contributed by atoms with Gasteiger partial charge in [0.2, 0.25) is 11.8 Å². The van der Waals surface area contributed by atoms with Gasteiger partial charge in [-0.15, -0.1) is 0 Å². The summed E-state index contributed by atoms with van der Waals surface area (Å²) in [6.45, 7) is 1.10. The lowest BCUT2D eigenvalue weighted by Crippen LogP contribution is -2.51. The molecule has 0 saturated carbocycles. The van der Waals surface area contributed by atoms with Gasteiger partial charge in [0.15, 0.2) is 0 Å². The maximum Gasteiger partial charge on any atom is 0.242 e. The number of piperazine rings is 1. The molecule has 2 amide bonds. The minimum atomic E-state index is -0.0521. The molecule has 0 aromatic heterocycles. The number of amides is 2. The molecule has 0 radical (unpaired) electrons. The molecule has 1 aliphatic heterocycles. The lowest BCUT2D eigenvalue weighted by Gasteiger charge is -2.26. The first-order valence-corrected chi connectivity index (χ1v) is 5.67. The van der Waals surface area contributed by atoms with Gasteiger partial charge in [-0.1, -0.05) is 0 Å². The first-order chi connectivity index (χ1) is 6.24. The van der Waals surface area contributed by atoms with Gasteiger partial charge in [-0.2, -0.15) is 11.8 Å². The molecule has 0 unspecified atom stereocenters. The molecule has 1 saturated heterocycles. The number of hydrogen-bond donors (Lipinski definition) is 1. The van der Waals surface area contributed by atoms with Crippen LogP contribution in [0.3, 0.4) is 0 Å². The summed E-state index contributed by atoms with van der Waals surface area (Å²) in [4.78, 5) is 23.8. The predicted molar refractivity (Wildman–Crippen MR) is 52.6 cm³/mol. The molecular formula is C8H14N2O2S. The molecule has 0 atom stereocenters. The Labute approximate surface area is 82.0 Å². The van der Waals surface area contributed by atoms with Crippen LogP contribution < -0.4 is 5.32 Å². The van der Waals surface area contributed by atoms with Gasteiger partial charge in [-0.3, -0.25) is 9.59 Å². The van der Waals surface area contributed by atoms with E-state index in [0.29, 0.717) is 6.54 Å². The SMILES string of the molecule is CSCCCN1CC(=O)NCC1=O. The average Bonchev–Trinajstić information content (AvgIpc) is 2.11. The molecule has 0 spiro atoms. The van der Waals surface area contributed by atoms with Crippen LogP contribution in [0.2, 0.25) is 0 Å². The van der Waals surface area contributed by atoms with Gasteiger partial charge in [-0.05, 0) is 18.4 Å². The number of hydrogen-bond acceptors (Lipinski definition) is 3. The summed E-state index contributed by atoms with van der Waals surface area (Å²) in [6.07, 6.45) is 2.99. The molecule has 1 rings (SSSR count). The molecule has 1 fully saturated rings. The Kier molecular flexibility index (Phi) is 4.08. The highest BCUT2D eigenvalue weighted by Gasteiger charge is 2.21. The van der Waals surface area contributed by atoms with E-state index in [2.05, 4.69) is 5.32 Å². The van der Waals surface area contributed by atoms with Crippen molar-refractivity contribution >= 4 is 23.6 Å². The molecule has 5 heteroatoms. The third-order valence-corrected chi connectivity index (χ3v) is 2.60. The summed E-state index contributed by atoms with van der Waals surface area (Å²) in [6, 6.07) is 0. The molecule has 13 heavy (non-hydrogen) atoms. The summed E-state index contributed by atoms with van der Waals surface area (Å²) >= 11 is 1.75. The second-order valence-corrected chi connectivity index (χ2v) is 3.92. The zero-order valence-electron chi connectivity index (χ0n) is 7.71.